The second kappa shape index (κ2) is 3.73. The summed E-state index contributed by atoms with van der Waals surface area (Å²) in [7, 11) is 0. The third kappa shape index (κ3) is 1.46. The molecule has 0 radical (unpaired) electrons. The van der Waals surface area contributed by atoms with Crippen LogP contribution >= 0.6 is 27.3 Å². The predicted molar refractivity (Wildman–Crippen MR) is 80.1 cm³/mol. The van der Waals surface area contributed by atoms with Gasteiger partial charge in [0.15, 0.2) is 0 Å². The van der Waals surface area contributed by atoms with Gasteiger partial charge in [-0.2, -0.15) is 0 Å². The van der Waals surface area contributed by atoms with E-state index in [1.54, 1.807) is 11.3 Å². The molecule has 2 aromatic heterocycles. The summed E-state index contributed by atoms with van der Waals surface area (Å²) >= 11 is 5.17. The van der Waals surface area contributed by atoms with Gasteiger partial charge in [0.1, 0.15) is 10.3 Å². The summed E-state index contributed by atoms with van der Waals surface area (Å²) in [4.78, 5) is 10.4. The molecule has 0 N–H and O–H groups in total. The predicted octanol–water partition coefficient (Wildman–Crippen LogP) is 4.76. The molecule has 0 aliphatic rings. The number of aromatic nitrogens is 2. The molecule has 0 saturated carbocycles. The van der Waals surface area contributed by atoms with E-state index in [9.17, 15) is 0 Å². The topological polar surface area (TPSA) is 25.8 Å². The minimum atomic E-state index is 0.931. The Bertz CT molecular complexity index is 898. The molecule has 0 aliphatic heterocycles. The first-order chi connectivity index (χ1) is 8.81. The fraction of sp³-hybridized carbons (Fsp3) is 0. The minimum absolute atomic E-state index is 0.931. The molecule has 4 rings (SSSR count). The maximum absolute atomic E-state index is 4.74. The molecule has 0 aliphatic carbocycles. The molecule has 0 saturated heterocycles. The molecule has 4 heteroatoms. The zero-order valence-electron chi connectivity index (χ0n) is 9.22. The standard InChI is InChI=1S/C14H7BrN2S/c15-8-5-6-10-11(7-8)16-13-9-3-1-2-4-12(9)18-14(13)17-10/h1-7H. The zero-order chi connectivity index (χ0) is 12.1. The van der Waals surface area contributed by atoms with Crippen LogP contribution in [0.5, 0.6) is 0 Å². The molecule has 4 aromatic rings. The fourth-order valence-electron chi connectivity index (χ4n) is 2.11. The number of thiophene rings is 1. The highest BCUT2D eigenvalue weighted by Gasteiger charge is 2.08. The van der Waals surface area contributed by atoms with Crippen LogP contribution in [0.4, 0.5) is 0 Å². The average Bonchev–Trinajstić information content (AvgIpc) is 2.74. The van der Waals surface area contributed by atoms with Gasteiger partial charge in [0, 0.05) is 14.6 Å². The lowest BCUT2D eigenvalue weighted by Crippen LogP contribution is -1.83. The van der Waals surface area contributed by atoms with E-state index in [1.807, 2.05) is 30.3 Å². The van der Waals surface area contributed by atoms with E-state index in [4.69, 9.17) is 9.97 Å². The number of benzene rings is 2. The smallest absolute Gasteiger partial charge is 0.143 e. The summed E-state index contributed by atoms with van der Waals surface area (Å²) in [5, 5.41) is 1.19. The van der Waals surface area contributed by atoms with Gasteiger partial charge in [-0.3, -0.25) is 0 Å². The molecule has 2 aromatic carbocycles. The number of halogens is 1. The van der Waals surface area contributed by atoms with Gasteiger partial charge in [0.2, 0.25) is 0 Å². The molecule has 86 valence electrons. The van der Waals surface area contributed by atoms with Gasteiger partial charge in [-0.25, -0.2) is 9.97 Å². The first-order valence-corrected chi connectivity index (χ1v) is 7.17. The molecular formula is C14H7BrN2S. The monoisotopic (exact) mass is 314 g/mol. The van der Waals surface area contributed by atoms with Crippen molar-refractivity contribution < 1.29 is 0 Å². The van der Waals surface area contributed by atoms with Crippen molar-refractivity contribution in [3.8, 4) is 0 Å². The van der Waals surface area contributed by atoms with Crippen LogP contribution in [-0.2, 0) is 0 Å². The van der Waals surface area contributed by atoms with E-state index in [2.05, 4.69) is 28.1 Å². The average molecular weight is 315 g/mol. The van der Waals surface area contributed by atoms with Crippen LogP contribution in [0.1, 0.15) is 0 Å². The Hall–Kier alpha value is -1.52. The third-order valence-corrected chi connectivity index (χ3v) is 4.49. The van der Waals surface area contributed by atoms with Crippen molar-refractivity contribution >= 4 is 58.7 Å². The summed E-state index contributed by atoms with van der Waals surface area (Å²) in [5.41, 5.74) is 2.87. The maximum Gasteiger partial charge on any atom is 0.143 e. The molecule has 0 spiro atoms. The summed E-state index contributed by atoms with van der Waals surface area (Å²) < 4.78 is 2.27. The summed E-state index contributed by atoms with van der Waals surface area (Å²) in [6.45, 7) is 0. The number of hydrogen-bond acceptors (Lipinski definition) is 3. The van der Waals surface area contributed by atoms with Gasteiger partial charge in [-0.1, -0.05) is 34.1 Å². The Labute approximate surface area is 115 Å². The molecule has 0 fully saturated rings. The molecule has 2 heterocycles. The van der Waals surface area contributed by atoms with Crippen LogP contribution in [0.2, 0.25) is 0 Å². The second-order valence-electron chi connectivity index (χ2n) is 4.11. The third-order valence-electron chi connectivity index (χ3n) is 2.94. The van der Waals surface area contributed by atoms with Gasteiger partial charge >= 0.3 is 0 Å². The number of hydrogen-bond donors (Lipinski definition) is 0. The van der Waals surface area contributed by atoms with Gasteiger partial charge < -0.3 is 0 Å². The Balaban J connectivity index is 2.24. The first kappa shape index (κ1) is 10.4. The summed E-state index contributed by atoms with van der Waals surface area (Å²) in [5.74, 6) is 0. The van der Waals surface area contributed by atoms with Crippen molar-refractivity contribution in [2.75, 3.05) is 0 Å². The Morgan fingerprint density at radius 3 is 2.78 bits per heavy atom. The van der Waals surface area contributed by atoms with E-state index in [0.29, 0.717) is 0 Å². The molecule has 0 bridgehead atoms. The first-order valence-electron chi connectivity index (χ1n) is 5.56. The van der Waals surface area contributed by atoms with Crippen molar-refractivity contribution in [1.29, 1.82) is 0 Å². The van der Waals surface area contributed by atoms with E-state index in [-0.39, 0.29) is 0 Å². The van der Waals surface area contributed by atoms with Crippen LogP contribution in [0.15, 0.2) is 46.9 Å². The van der Waals surface area contributed by atoms with Gasteiger partial charge in [0.05, 0.1) is 11.0 Å². The second-order valence-corrected chi connectivity index (χ2v) is 6.05. The highest BCUT2D eigenvalue weighted by atomic mass is 79.9. The summed E-state index contributed by atoms with van der Waals surface area (Å²) in [6.07, 6.45) is 0. The SMILES string of the molecule is Brc1ccc2nc3sc4ccccc4c3nc2c1. The van der Waals surface area contributed by atoms with Crippen LogP contribution in [-0.4, -0.2) is 9.97 Å². The molecular weight excluding hydrogens is 308 g/mol. The van der Waals surface area contributed by atoms with Crippen molar-refractivity contribution in [1.82, 2.24) is 9.97 Å². The molecule has 0 amide bonds. The van der Waals surface area contributed by atoms with Crippen molar-refractivity contribution in [2.45, 2.75) is 0 Å². The van der Waals surface area contributed by atoms with E-state index >= 15 is 0 Å². The zero-order valence-corrected chi connectivity index (χ0v) is 11.6. The Kier molecular flexibility index (Phi) is 2.16. The van der Waals surface area contributed by atoms with Gasteiger partial charge in [0.25, 0.3) is 0 Å². The van der Waals surface area contributed by atoms with E-state index in [1.165, 1.54) is 10.1 Å². The van der Waals surface area contributed by atoms with Crippen molar-refractivity contribution in [3.05, 3.63) is 46.9 Å². The van der Waals surface area contributed by atoms with E-state index < -0.39 is 0 Å². The number of rotatable bonds is 0. The molecule has 0 atom stereocenters. The van der Waals surface area contributed by atoms with Crippen molar-refractivity contribution in [3.63, 3.8) is 0 Å². The highest BCUT2D eigenvalue weighted by molar-refractivity contribution is 9.10. The molecule has 0 unspecified atom stereocenters. The quantitative estimate of drug-likeness (QED) is 0.467. The number of fused-ring (bicyclic) bond motifs is 4. The largest absolute Gasteiger partial charge is 0.243 e. The molecule has 18 heavy (non-hydrogen) atoms. The Morgan fingerprint density at radius 1 is 0.944 bits per heavy atom. The van der Waals surface area contributed by atoms with Crippen molar-refractivity contribution in [2.24, 2.45) is 0 Å². The lowest BCUT2D eigenvalue weighted by atomic mass is 10.2. The summed E-state index contributed by atoms with van der Waals surface area (Å²) in [6, 6.07) is 14.3. The van der Waals surface area contributed by atoms with Gasteiger partial charge in [-0.15, -0.1) is 11.3 Å². The van der Waals surface area contributed by atoms with Crippen LogP contribution in [0.25, 0.3) is 31.5 Å². The maximum atomic E-state index is 4.74. The number of nitrogens with zero attached hydrogens (tertiary/aromatic N) is 2. The lowest BCUT2D eigenvalue weighted by Gasteiger charge is -1.97. The van der Waals surface area contributed by atoms with Gasteiger partial charge in [-0.05, 0) is 24.3 Å². The Morgan fingerprint density at radius 2 is 1.83 bits per heavy atom. The highest BCUT2D eigenvalue weighted by Crippen LogP contribution is 2.32. The van der Waals surface area contributed by atoms with Crippen LogP contribution in [0.3, 0.4) is 0 Å². The lowest BCUT2D eigenvalue weighted by molar-refractivity contribution is 1.42. The van der Waals surface area contributed by atoms with E-state index in [0.717, 1.165) is 25.9 Å². The van der Waals surface area contributed by atoms with Crippen LogP contribution in [0, 0.1) is 0 Å². The minimum Gasteiger partial charge on any atom is -0.243 e. The van der Waals surface area contributed by atoms with Crippen LogP contribution < -0.4 is 0 Å². The fourth-order valence-corrected chi connectivity index (χ4v) is 3.49. The normalized spacial score (nSPS) is 11.6. The molecule has 2 nitrogen and oxygen atoms in total.